The van der Waals surface area contributed by atoms with Crippen molar-refractivity contribution < 1.29 is 221 Å². The van der Waals surface area contributed by atoms with Gasteiger partial charge in [0.2, 0.25) is 0 Å². The maximum atomic E-state index is 14.0. The second kappa shape index (κ2) is 43.9. The van der Waals surface area contributed by atoms with E-state index >= 15 is 0 Å². The molecule has 16 unspecified atom stereocenters. The topological polar surface area (TPSA) is 296 Å². The number of fused-ring (bicyclic) bond motifs is 12. The van der Waals surface area contributed by atoms with Gasteiger partial charge in [0, 0.05) is 246 Å². The number of methoxy groups -OCH3 is 8. The fraction of sp³-hybridized carbons (Fsp3) is 0.708. The van der Waals surface area contributed by atoms with Crippen LogP contribution in [-0.4, -0.2) is 201 Å². The standard InChI is InChI=1S/4C24H38N2O4/c4*1-14(2)9-17-13-26-8-7-16-10-21(28-5)22(29-6)11-18(16)19(26)12-20(17)30-24(27)23(25)15(3)4/h4*10-11,14-15,17,19-20,23H,7-9,12-13,25H2,1-6H3/t4*17?,19?,20?,23-/m0000/s1/i2*1D3,3D3,4D3,5D3,7D2,8D2,9D2,12D2,13D2,14D,15D,17D,19D,20D,23D;1D3,3D3,4D3,7D2,8D2,9D2,12D2,13D2,14D,15D,17D,19D,20D,23D;1D3,3D3,4D3,7D2,8D2,9D2,10D,11D,12D2,13D2,14D,15D,17D,23D/t4*14?,17?,19?,20?,23-. The van der Waals surface area contributed by atoms with Crippen LogP contribution < -0.4 is 60.8 Å². The molecule has 4 aromatic rings. The van der Waals surface area contributed by atoms with E-state index in [0.29, 0.717) is 43.3 Å². The van der Waals surface area contributed by atoms with Crippen LogP contribution in [0.3, 0.4) is 0 Å². The first-order valence-corrected chi connectivity index (χ1v) is 33.5. The van der Waals surface area contributed by atoms with Crippen molar-refractivity contribution in [3.63, 3.8) is 0 Å². The number of hydrogen-bond donors (Lipinski definition) is 4. The number of benzene rings is 4. The highest BCUT2D eigenvalue weighted by molar-refractivity contribution is 5.77. The summed E-state index contributed by atoms with van der Waals surface area (Å²) < 4.78 is 960. The second-order valence-corrected chi connectivity index (χ2v) is 24.1. The quantitative estimate of drug-likeness (QED) is 0.0303. The Bertz CT molecular complexity index is 8780. The Kier molecular flexibility index (Phi) is 10.0. The van der Waals surface area contributed by atoms with E-state index in [-0.39, 0.29) is 26.5 Å². The number of piperidine rings is 4. The lowest BCUT2D eigenvalue weighted by Crippen LogP contribution is -2.51. The van der Waals surface area contributed by atoms with Gasteiger partial charge in [-0.05, 0) is 191 Å². The molecular formula is C96H152N8O16. The molecule has 8 N–H and O–H groups in total. The highest BCUT2D eigenvalue weighted by Crippen LogP contribution is 2.50. The number of rotatable bonds is 28. The van der Waals surface area contributed by atoms with Crippen LogP contribution in [0.1, 0.15) is 375 Å². The summed E-state index contributed by atoms with van der Waals surface area (Å²) >= 11 is 0. The van der Waals surface area contributed by atoms with Crippen molar-refractivity contribution in [2.45, 2.75) is 259 Å². The summed E-state index contributed by atoms with van der Waals surface area (Å²) in [7, 11) is -1.15. The molecule has 0 bridgehead atoms. The minimum Gasteiger partial charge on any atom is -0.493 e. The number of aryl methyl sites for hydroxylation is 3. The molecule has 24 nitrogen and oxygen atoms in total. The normalized spacial score (nSPS) is 56.0. The van der Waals surface area contributed by atoms with Gasteiger partial charge in [0.1, 0.15) is 48.4 Å². The SMILES string of the molecule is [2H]C([2H])([2H])C([2H])(C)C([2H])([2H])C1([2H])C([2H])([2H])N2C([2H])([2H])C([2H])([2H])c3cc(OC)c(OC)cc3C2([2H])C([2H])([2H])C1([2H])OC(=O)[C@@]([2H])(N)C([2H])(C([2H])([2H])[2H])C([2H])([2H])[2H].[2H]C([2H])([2H])Oc1cc2c(cc1OC)C1([2H])N(C([2H])([2H])C2([2H])[2H])C([2H])([2H])C([2H])(C([2H])([2H])C([2H])(C)C([2H])([2H])[2H])C([2H])(OC(=O)[C@@]([2H])(N)C([2H])(C([2H])([2H])[2H])C([2H])([2H])[2H])C1([2H])[2H].[2H]C([2H])([2H])Oc1cc2c(cc1OC)C1([2H])N(C([2H])([2H])C2([2H])[2H])C([2H])([2H])C([2H])(C([2H])([2H])C([2H])(C)C([2H])([2H])[2H])C([2H])(OC(=O)[C@@]([2H])(N)C([2H])(C([2H])([2H])[2H])C([2H])([2H])[2H])C1([2H])[2H].[2H]c1c(OC)c(OC)c([2H])c2c1C1N(C([2H])([2H])C2([2H])[2H])C([2H])([2H])C([2H])(C([2H])([2H])C([2H])(C)C([2H])([2H])[2H])C(OC(=O)[C@@]([2H])(N)C([2H])(C([2H])([2H])[2H])C([2H])([2H])[2H])C1([2H])[2H]. The molecular weight excluding hydrogens is 1520 g/mol. The number of nitrogens with zero attached hydrogens (tertiary/aromatic N) is 4. The summed E-state index contributed by atoms with van der Waals surface area (Å²) in [5.74, 6) is -70.7. The highest BCUT2D eigenvalue weighted by Gasteiger charge is 2.47. The Morgan fingerprint density at radius 1 is 0.392 bits per heavy atom. The number of hydrogen-bond acceptors (Lipinski definition) is 24. The summed E-state index contributed by atoms with van der Waals surface area (Å²) in [6.07, 6.45) is -70.9. The van der Waals surface area contributed by atoms with Gasteiger partial charge in [-0.15, -0.1) is 0 Å². The Balaban J connectivity index is 0.000000323. The van der Waals surface area contributed by atoms with E-state index in [1.54, 1.807) is 0 Å². The van der Waals surface area contributed by atoms with Gasteiger partial charge in [0.25, 0.3) is 0 Å². The van der Waals surface area contributed by atoms with E-state index in [1.807, 2.05) is 0 Å². The fourth-order valence-corrected chi connectivity index (χ4v) is 10.4. The number of nitrogens with two attached hydrogens (primary N) is 4. The minimum absolute atomic E-state index is 0.180. The van der Waals surface area contributed by atoms with Gasteiger partial charge in [0.05, 0.1) is 81.4 Å². The van der Waals surface area contributed by atoms with Gasteiger partial charge in [-0.25, -0.2) is 0 Å². The third-order valence-corrected chi connectivity index (χ3v) is 15.8. The van der Waals surface area contributed by atoms with Crippen molar-refractivity contribution in [3.05, 3.63) is 93.0 Å². The predicted octanol–water partition coefficient (Wildman–Crippen LogP) is 14.3. The maximum absolute atomic E-state index is 14.0. The van der Waals surface area contributed by atoms with Crippen LogP contribution in [0.15, 0.2) is 48.5 Å². The number of carbonyl (C=O) groups is 4. The minimum atomic E-state index is -5.12. The molecule has 8 aliphatic heterocycles. The molecule has 672 valence electrons. The number of ether oxygens (including phenoxy) is 12. The first-order valence-electron chi connectivity index (χ1n) is 86.5. The van der Waals surface area contributed by atoms with E-state index < -0.39 is 508 Å². The molecule has 0 aliphatic carbocycles. The Hall–Kier alpha value is -7.16. The second-order valence-electron chi connectivity index (χ2n) is 24.1. The molecule has 4 fully saturated rings. The van der Waals surface area contributed by atoms with Crippen molar-refractivity contribution in [1.82, 2.24) is 19.6 Å². The smallest absolute Gasteiger partial charge is 0.323 e. The molecule has 8 heterocycles. The van der Waals surface area contributed by atoms with Gasteiger partial charge < -0.3 is 79.8 Å². The van der Waals surface area contributed by atoms with Crippen LogP contribution in [0.2, 0.25) is 0 Å². The summed E-state index contributed by atoms with van der Waals surface area (Å²) in [6.45, 7) is -84.7. The fourth-order valence-electron chi connectivity index (χ4n) is 10.4. The molecule has 0 spiro atoms. The molecule has 24 heteroatoms. The lowest BCUT2D eigenvalue weighted by atomic mass is 9.79. The third kappa shape index (κ3) is 23.8. The zero-order valence-corrected chi connectivity index (χ0v) is 64.2. The van der Waals surface area contributed by atoms with Crippen LogP contribution in [0.4, 0.5) is 0 Å². The molecule has 20 atom stereocenters. The van der Waals surface area contributed by atoms with Crippen molar-refractivity contribution in [2.24, 2.45) is 93.7 Å². The van der Waals surface area contributed by atoms with Crippen molar-refractivity contribution in [1.29, 1.82) is 0 Å². The molecule has 12 rings (SSSR count). The molecule has 0 saturated carbocycles. The molecule has 0 radical (unpaired) electrons. The van der Waals surface area contributed by atoms with E-state index in [9.17, 15) is 54.8 Å². The number of carbonyl (C=O) groups excluding carboxylic acids is 4. The lowest BCUT2D eigenvalue weighted by molar-refractivity contribution is -0.161. The lowest BCUT2D eigenvalue weighted by Gasteiger charge is -2.47. The third-order valence-electron chi connectivity index (χ3n) is 15.8. The van der Waals surface area contributed by atoms with Crippen LogP contribution in [-0.2, 0) is 63.6 Å². The van der Waals surface area contributed by atoms with E-state index in [0.717, 1.165) is 42.7 Å². The largest absolute Gasteiger partial charge is 0.493 e. The van der Waals surface area contributed by atoms with E-state index in [2.05, 4.69) is 0 Å². The molecule has 120 heavy (non-hydrogen) atoms. The summed E-state index contributed by atoms with van der Waals surface area (Å²) in [6, 6.07) is -32.9. The Morgan fingerprint density at radius 2 is 0.683 bits per heavy atom. The zero-order chi connectivity index (χ0) is 181. The summed E-state index contributed by atoms with van der Waals surface area (Å²) in [4.78, 5) is 53.4. The Morgan fingerprint density at radius 3 is 1.01 bits per heavy atom. The molecule has 8 aliphatic rings. The monoisotopic (exact) mass is 1780 g/mol. The van der Waals surface area contributed by atoms with Gasteiger partial charge in [-0.3, -0.25) is 38.8 Å². The maximum Gasteiger partial charge on any atom is 0.323 e. The molecule has 4 saturated heterocycles. The van der Waals surface area contributed by atoms with E-state index in [1.165, 1.54) is 0 Å². The van der Waals surface area contributed by atoms with E-state index in [4.69, 9.17) is 189 Å². The van der Waals surface area contributed by atoms with Gasteiger partial charge >= 0.3 is 23.9 Å². The van der Waals surface area contributed by atoms with Gasteiger partial charge in [-0.2, -0.15) is 0 Å². The Labute approximate surface area is 867 Å². The van der Waals surface area contributed by atoms with Crippen LogP contribution in [0.5, 0.6) is 46.0 Å². The van der Waals surface area contributed by atoms with Crippen LogP contribution in [0.25, 0.3) is 0 Å². The molecule has 0 amide bonds. The van der Waals surface area contributed by atoms with Crippen LogP contribution in [0, 0.1) is 70.7 Å². The van der Waals surface area contributed by atoms with Crippen LogP contribution >= 0.6 is 0 Å². The average Bonchev–Trinajstić information content (AvgIpc) is 0.627. The van der Waals surface area contributed by atoms with Crippen molar-refractivity contribution in [2.75, 3.05) is 109 Å². The van der Waals surface area contributed by atoms with Crippen molar-refractivity contribution in [3.8, 4) is 46.0 Å². The first-order chi connectivity index (χ1) is 97.8. The van der Waals surface area contributed by atoms with Gasteiger partial charge in [0.15, 0.2) is 46.0 Å². The van der Waals surface area contributed by atoms with Crippen molar-refractivity contribution >= 4 is 23.9 Å². The molecule has 0 aromatic heterocycles. The molecule has 4 aromatic carbocycles. The zero-order valence-electron chi connectivity index (χ0n) is 170. The summed E-state index contributed by atoms with van der Waals surface area (Å²) in [5.41, 5.74) is 12.7. The highest BCUT2D eigenvalue weighted by atomic mass is 16.6. The predicted molar refractivity (Wildman–Crippen MR) is 471 cm³/mol. The first kappa shape index (κ1) is 27.4. The van der Waals surface area contributed by atoms with Gasteiger partial charge in [-0.1, -0.05) is 110 Å². The summed E-state index contributed by atoms with van der Waals surface area (Å²) in [5, 5.41) is 0. The number of esters is 4. The average molecular weight is 1780 g/mol.